The predicted molar refractivity (Wildman–Crippen MR) is 187 cm³/mol. The monoisotopic (exact) mass is 636 g/mol. The quantitative estimate of drug-likeness (QED) is 0.216. The Bertz CT molecular complexity index is 1510. The molecule has 6 rings (SSSR count). The molecule has 0 aliphatic carbocycles. The average Bonchev–Trinajstić information content (AvgIpc) is 3.06. The summed E-state index contributed by atoms with van der Waals surface area (Å²) in [5.41, 5.74) is 2.06. The van der Waals surface area contributed by atoms with Crippen molar-refractivity contribution in [3.05, 3.63) is 120 Å². The van der Waals surface area contributed by atoms with E-state index in [0.29, 0.717) is 13.1 Å². The molecule has 2 saturated heterocycles. The molecule has 0 bridgehead atoms. The lowest BCUT2D eigenvalue weighted by Gasteiger charge is -2.35. The highest BCUT2D eigenvalue weighted by molar-refractivity contribution is 5.68. The summed E-state index contributed by atoms with van der Waals surface area (Å²) < 4.78 is 17.2. The fraction of sp³-hybridized carbons (Fsp3) is 0.359. The molecule has 2 aliphatic rings. The van der Waals surface area contributed by atoms with Crippen molar-refractivity contribution in [1.29, 1.82) is 0 Å². The van der Waals surface area contributed by atoms with Gasteiger partial charge in [0.25, 0.3) is 0 Å². The number of hydrogen-bond donors (Lipinski definition) is 1. The van der Waals surface area contributed by atoms with Crippen molar-refractivity contribution in [2.45, 2.75) is 39.5 Å². The van der Waals surface area contributed by atoms with Crippen molar-refractivity contribution in [2.75, 3.05) is 52.4 Å². The van der Waals surface area contributed by atoms with Gasteiger partial charge in [-0.05, 0) is 80.4 Å². The van der Waals surface area contributed by atoms with Crippen LogP contribution in [0.5, 0.6) is 23.0 Å². The van der Waals surface area contributed by atoms with Crippen molar-refractivity contribution in [1.82, 2.24) is 20.0 Å². The number of rotatable bonds is 8. The van der Waals surface area contributed by atoms with Crippen LogP contribution in [0.1, 0.15) is 31.9 Å². The van der Waals surface area contributed by atoms with E-state index in [1.54, 1.807) is 4.90 Å². The highest BCUT2D eigenvalue weighted by Gasteiger charge is 2.25. The number of ether oxygens (including phenoxy) is 3. The number of nitrogens with one attached hydrogen (secondary N) is 1. The first-order valence-electron chi connectivity index (χ1n) is 16.6. The molecule has 0 saturated carbocycles. The molecule has 0 unspecified atom stereocenters. The first-order chi connectivity index (χ1) is 22.8. The van der Waals surface area contributed by atoms with Crippen molar-refractivity contribution in [3.63, 3.8) is 0 Å². The van der Waals surface area contributed by atoms with Gasteiger partial charge in [-0.2, -0.15) is 0 Å². The minimum Gasteiger partial charge on any atom is -0.457 e. The number of para-hydroxylation sites is 2. The van der Waals surface area contributed by atoms with Gasteiger partial charge in [-0.15, -0.1) is 0 Å². The molecular formula is C39H48N4O4. The molecule has 4 aromatic rings. The van der Waals surface area contributed by atoms with Gasteiger partial charge in [0.15, 0.2) is 0 Å². The van der Waals surface area contributed by atoms with Gasteiger partial charge in [-0.25, -0.2) is 4.79 Å². The summed E-state index contributed by atoms with van der Waals surface area (Å²) >= 11 is 0. The van der Waals surface area contributed by atoms with Gasteiger partial charge in [-0.1, -0.05) is 60.7 Å². The fourth-order valence-electron chi connectivity index (χ4n) is 5.46. The van der Waals surface area contributed by atoms with Gasteiger partial charge in [0.05, 0.1) is 0 Å². The molecule has 0 radical (unpaired) electrons. The number of hydrogen-bond acceptors (Lipinski definition) is 7. The SMILES string of the molecule is CC(C)(C)OC(=O)N1CCN(Cc2cccc(Oc3ccccc3)c2)CC1.c1ccc(Oc2cccc(CN3CCNCC3)c2)cc1. The lowest BCUT2D eigenvalue weighted by Crippen LogP contribution is -2.49. The van der Waals surface area contributed by atoms with Crippen LogP contribution in [0.3, 0.4) is 0 Å². The maximum atomic E-state index is 12.2. The first kappa shape index (κ1) is 34.0. The van der Waals surface area contributed by atoms with Crippen molar-refractivity contribution in [3.8, 4) is 23.0 Å². The zero-order chi connectivity index (χ0) is 32.9. The van der Waals surface area contributed by atoms with Crippen molar-refractivity contribution in [2.24, 2.45) is 0 Å². The van der Waals surface area contributed by atoms with Crippen LogP contribution in [0.4, 0.5) is 4.79 Å². The summed E-state index contributed by atoms with van der Waals surface area (Å²) in [6.45, 7) is 15.0. The Morgan fingerprint density at radius 1 is 0.596 bits per heavy atom. The molecule has 2 heterocycles. The summed E-state index contributed by atoms with van der Waals surface area (Å²) in [5.74, 6) is 3.46. The van der Waals surface area contributed by atoms with Gasteiger partial charge < -0.3 is 24.4 Å². The average molecular weight is 637 g/mol. The standard InChI is InChI=1S/C22H28N2O3.C17H20N2O/c1-22(2,3)27-21(25)24-14-12-23(13-15-24)17-18-8-7-11-20(16-18)26-19-9-5-4-6-10-19;1-2-6-16(7-3-1)20-17-8-4-5-15(13-17)14-19-11-9-18-10-12-19/h4-11,16H,12-15,17H2,1-3H3;1-8,13,18H,9-12,14H2. The van der Waals surface area contributed by atoms with E-state index in [1.165, 1.54) is 11.1 Å². The molecular weight excluding hydrogens is 588 g/mol. The van der Waals surface area contributed by atoms with Crippen LogP contribution in [-0.2, 0) is 17.8 Å². The Morgan fingerprint density at radius 2 is 1.04 bits per heavy atom. The van der Waals surface area contributed by atoms with Crippen LogP contribution in [0, 0.1) is 0 Å². The van der Waals surface area contributed by atoms with E-state index in [0.717, 1.165) is 75.4 Å². The summed E-state index contributed by atoms with van der Waals surface area (Å²) in [7, 11) is 0. The zero-order valence-electron chi connectivity index (χ0n) is 27.9. The number of amides is 1. The molecule has 2 aliphatic heterocycles. The van der Waals surface area contributed by atoms with Crippen LogP contribution in [0.15, 0.2) is 109 Å². The second-order valence-electron chi connectivity index (χ2n) is 12.9. The van der Waals surface area contributed by atoms with E-state index in [2.05, 4.69) is 45.4 Å². The molecule has 248 valence electrons. The minimum atomic E-state index is -0.451. The second kappa shape index (κ2) is 17.0. The third kappa shape index (κ3) is 11.7. The van der Waals surface area contributed by atoms with Crippen LogP contribution in [0.2, 0.25) is 0 Å². The first-order valence-corrected chi connectivity index (χ1v) is 16.6. The summed E-state index contributed by atoms with van der Waals surface area (Å²) in [5, 5.41) is 3.38. The maximum Gasteiger partial charge on any atom is 0.410 e. The molecule has 1 N–H and O–H groups in total. The number of piperazine rings is 2. The third-order valence-electron chi connectivity index (χ3n) is 7.80. The Kier molecular flexibility index (Phi) is 12.3. The highest BCUT2D eigenvalue weighted by Crippen LogP contribution is 2.24. The lowest BCUT2D eigenvalue weighted by atomic mass is 10.2. The molecule has 4 aromatic carbocycles. The van der Waals surface area contributed by atoms with Crippen LogP contribution < -0.4 is 14.8 Å². The summed E-state index contributed by atoms with van der Waals surface area (Å²) in [6.07, 6.45) is -0.222. The normalized spacial score (nSPS) is 15.7. The molecule has 0 atom stereocenters. The second-order valence-corrected chi connectivity index (χ2v) is 12.9. The Balaban J connectivity index is 0.000000193. The predicted octanol–water partition coefficient (Wildman–Crippen LogP) is 7.42. The molecule has 2 fully saturated rings. The van der Waals surface area contributed by atoms with Gasteiger partial charge in [0.1, 0.15) is 28.6 Å². The number of nitrogens with zero attached hydrogens (tertiary/aromatic N) is 3. The van der Waals surface area contributed by atoms with E-state index in [4.69, 9.17) is 14.2 Å². The van der Waals surface area contributed by atoms with Gasteiger partial charge in [0, 0.05) is 65.4 Å². The van der Waals surface area contributed by atoms with E-state index < -0.39 is 5.60 Å². The largest absolute Gasteiger partial charge is 0.457 e. The third-order valence-corrected chi connectivity index (χ3v) is 7.80. The minimum absolute atomic E-state index is 0.222. The van der Waals surface area contributed by atoms with E-state index in [1.807, 2.05) is 99.6 Å². The summed E-state index contributed by atoms with van der Waals surface area (Å²) in [4.78, 5) is 18.8. The maximum absolute atomic E-state index is 12.2. The van der Waals surface area contributed by atoms with E-state index >= 15 is 0 Å². The molecule has 0 spiro atoms. The van der Waals surface area contributed by atoms with Crippen LogP contribution in [-0.4, -0.2) is 78.8 Å². The van der Waals surface area contributed by atoms with Gasteiger partial charge in [-0.3, -0.25) is 9.80 Å². The topological polar surface area (TPSA) is 66.5 Å². The molecule has 8 nitrogen and oxygen atoms in total. The Morgan fingerprint density at radius 3 is 1.51 bits per heavy atom. The van der Waals surface area contributed by atoms with Crippen LogP contribution in [0.25, 0.3) is 0 Å². The van der Waals surface area contributed by atoms with Gasteiger partial charge >= 0.3 is 6.09 Å². The number of carbonyl (C=O) groups excluding carboxylic acids is 1. The van der Waals surface area contributed by atoms with E-state index in [-0.39, 0.29) is 6.09 Å². The highest BCUT2D eigenvalue weighted by atomic mass is 16.6. The Hall–Kier alpha value is -4.37. The van der Waals surface area contributed by atoms with Crippen LogP contribution >= 0.6 is 0 Å². The molecule has 47 heavy (non-hydrogen) atoms. The lowest BCUT2D eigenvalue weighted by molar-refractivity contribution is 0.0139. The Labute approximate surface area is 279 Å². The van der Waals surface area contributed by atoms with E-state index in [9.17, 15) is 4.79 Å². The van der Waals surface area contributed by atoms with Gasteiger partial charge in [0.2, 0.25) is 0 Å². The molecule has 1 amide bonds. The summed E-state index contributed by atoms with van der Waals surface area (Å²) in [6, 6.07) is 36.3. The zero-order valence-corrected chi connectivity index (χ0v) is 27.9. The van der Waals surface area contributed by atoms with Crippen molar-refractivity contribution < 1.29 is 19.0 Å². The smallest absolute Gasteiger partial charge is 0.410 e. The number of benzene rings is 4. The fourth-order valence-corrected chi connectivity index (χ4v) is 5.46. The van der Waals surface area contributed by atoms with Crippen molar-refractivity contribution >= 4 is 6.09 Å². The molecule has 8 heteroatoms. The molecule has 0 aromatic heterocycles. The number of carbonyl (C=O) groups is 1.